The van der Waals surface area contributed by atoms with Crippen molar-refractivity contribution in [3.05, 3.63) is 75.8 Å². The summed E-state index contributed by atoms with van der Waals surface area (Å²) in [6.45, 7) is 1.93. The van der Waals surface area contributed by atoms with E-state index in [1.165, 1.54) is 18.6 Å². The zero-order valence-corrected chi connectivity index (χ0v) is 18.6. The molecule has 2 aliphatic rings. The van der Waals surface area contributed by atoms with Gasteiger partial charge in [0.2, 0.25) is 17.3 Å². The molecule has 0 spiro atoms. The molecule has 1 saturated carbocycles. The summed E-state index contributed by atoms with van der Waals surface area (Å²) in [6.07, 6.45) is 5.35. The number of nitro groups is 1. The minimum atomic E-state index is -1.48. The monoisotopic (exact) mass is 449 g/mol. The van der Waals surface area contributed by atoms with Crippen molar-refractivity contribution in [3.8, 4) is 0 Å². The van der Waals surface area contributed by atoms with Gasteiger partial charge in [0, 0.05) is 24.1 Å². The lowest BCUT2D eigenvalue weighted by Crippen LogP contribution is -2.46. The predicted octanol–water partition coefficient (Wildman–Crippen LogP) is 4.65. The number of hydrogen-bond donors (Lipinski definition) is 0. The van der Waals surface area contributed by atoms with E-state index in [4.69, 9.17) is 19.5 Å². The smallest absolute Gasteiger partial charge is 0.344 e. The highest BCUT2D eigenvalue weighted by Crippen LogP contribution is 2.33. The normalized spacial score (nSPS) is 22.0. The van der Waals surface area contributed by atoms with Gasteiger partial charge in [-0.3, -0.25) is 10.1 Å². The van der Waals surface area contributed by atoms with Crippen molar-refractivity contribution in [1.82, 2.24) is 0 Å². The molecule has 2 aromatic rings. The van der Waals surface area contributed by atoms with Crippen LogP contribution in [0.2, 0.25) is 0 Å². The minimum Gasteiger partial charge on any atom is -0.464 e. The van der Waals surface area contributed by atoms with Crippen LogP contribution in [-0.4, -0.2) is 40.9 Å². The zero-order valence-electron chi connectivity index (χ0n) is 18.6. The Morgan fingerprint density at radius 1 is 1.15 bits per heavy atom. The van der Waals surface area contributed by atoms with E-state index in [0.29, 0.717) is 11.5 Å². The number of carbonyl (C=O) groups is 1. The molecular weight excluding hydrogens is 422 g/mol. The number of benzene rings is 2. The maximum Gasteiger partial charge on any atom is 0.344 e. The molecule has 2 aromatic carbocycles. The van der Waals surface area contributed by atoms with Crippen LogP contribution in [0, 0.1) is 10.1 Å². The number of nitrogens with zero attached hydrogens (tertiary/aromatic N) is 3. The van der Waals surface area contributed by atoms with Gasteiger partial charge in [-0.15, -0.1) is 0 Å². The highest BCUT2D eigenvalue weighted by Gasteiger charge is 2.52. The average molecular weight is 450 g/mol. The lowest BCUT2D eigenvalue weighted by molar-refractivity contribution is -0.384. The highest BCUT2D eigenvalue weighted by molar-refractivity contribution is 6.19. The quantitative estimate of drug-likeness (QED) is 0.348. The Labute approximate surface area is 192 Å². The maximum absolute atomic E-state index is 13.4. The molecule has 0 saturated heterocycles. The third-order valence-electron chi connectivity index (χ3n) is 5.96. The molecule has 1 aliphatic carbocycles. The lowest BCUT2D eigenvalue weighted by atomic mass is 9.90. The first-order valence-corrected chi connectivity index (χ1v) is 11.3. The molecule has 0 amide bonds. The molecule has 0 aromatic heterocycles. The average Bonchev–Trinajstić information content (AvgIpc) is 3.20. The fraction of sp³-hybridized carbons (Fsp3) is 0.400. The third kappa shape index (κ3) is 4.94. The van der Waals surface area contributed by atoms with Gasteiger partial charge in [-0.2, -0.15) is 0 Å². The summed E-state index contributed by atoms with van der Waals surface area (Å²) in [7, 11) is 0. The van der Waals surface area contributed by atoms with Crippen LogP contribution in [0.1, 0.15) is 50.2 Å². The number of non-ortho nitro benzene ring substituents is 1. The Hall–Kier alpha value is -3.55. The Kier molecular flexibility index (Phi) is 6.82. The summed E-state index contributed by atoms with van der Waals surface area (Å²) in [6, 6.07) is 15.5. The van der Waals surface area contributed by atoms with Crippen molar-refractivity contribution < 1.29 is 19.2 Å². The summed E-state index contributed by atoms with van der Waals surface area (Å²) < 4.78 is 11.6. The number of esters is 1. The van der Waals surface area contributed by atoms with E-state index in [0.717, 1.165) is 31.2 Å². The largest absolute Gasteiger partial charge is 0.464 e. The second kappa shape index (κ2) is 9.94. The van der Waals surface area contributed by atoms with Gasteiger partial charge < -0.3 is 9.47 Å². The van der Waals surface area contributed by atoms with Gasteiger partial charge in [-0.1, -0.05) is 49.6 Å². The second-order valence-corrected chi connectivity index (χ2v) is 8.29. The SMILES string of the molecule is CCOC(=O)C1(Cc2ccc([N+](=O)[O-])cc2)N=C(c2ccccc2)OC1=NC1CCCCC1. The van der Waals surface area contributed by atoms with Crippen molar-refractivity contribution in [1.29, 1.82) is 0 Å². The van der Waals surface area contributed by atoms with E-state index in [9.17, 15) is 14.9 Å². The van der Waals surface area contributed by atoms with E-state index in [1.807, 2.05) is 30.3 Å². The van der Waals surface area contributed by atoms with Crippen molar-refractivity contribution in [2.45, 2.75) is 57.0 Å². The summed E-state index contributed by atoms with van der Waals surface area (Å²) >= 11 is 0. The number of nitro benzene ring substituents is 1. The summed E-state index contributed by atoms with van der Waals surface area (Å²) in [4.78, 5) is 33.6. The number of ether oxygens (including phenoxy) is 2. The topological polar surface area (TPSA) is 103 Å². The molecule has 0 bridgehead atoms. The van der Waals surface area contributed by atoms with E-state index in [2.05, 4.69) is 0 Å². The number of carbonyl (C=O) groups excluding carboxylic acids is 1. The van der Waals surface area contributed by atoms with Crippen LogP contribution < -0.4 is 0 Å². The van der Waals surface area contributed by atoms with Gasteiger partial charge in [0.15, 0.2) is 0 Å². The molecule has 0 radical (unpaired) electrons. The molecule has 4 rings (SSSR count). The third-order valence-corrected chi connectivity index (χ3v) is 5.96. The standard InChI is InChI=1S/C25H27N3O5/c1-2-32-24(29)25(17-18-13-15-21(16-14-18)28(30)31)23(26-20-11-7-4-8-12-20)33-22(27-25)19-9-5-3-6-10-19/h3,5-6,9-10,13-16,20H,2,4,7-8,11-12,17H2,1H3. The first kappa shape index (κ1) is 22.6. The molecule has 1 heterocycles. The van der Waals surface area contributed by atoms with Crippen LogP contribution in [0.4, 0.5) is 5.69 Å². The fourth-order valence-corrected chi connectivity index (χ4v) is 4.23. The molecule has 0 N–H and O–H groups in total. The molecule has 1 aliphatic heterocycles. The summed E-state index contributed by atoms with van der Waals surface area (Å²) in [5.74, 6) is 0.0222. The molecule has 8 heteroatoms. The fourth-order valence-electron chi connectivity index (χ4n) is 4.23. The van der Waals surface area contributed by atoms with Crippen LogP contribution >= 0.6 is 0 Å². The first-order valence-electron chi connectivity index (χ1n) is 11.3. The summed E-state index contributed by atoms with van der Waals surface area (Å²) in [5, 5.41) is 11.1. The second-order valence-electron chi connectivity index (χ2n) is 8.29. The zero-order chi connectivity index (χ0) is 23.3. The summed E-state index contributed by atoms with van der Waals surface area (Å²) in [5.41, 5.74) is -0.0547. The highest BCUT2D eigenvalue weighted by atomic mass is 16.6. The number of aliphatic imine (C=N–C) groups is 2. The van der Waals surface area contributed by atoms with E-state index < -0.39 is 16.4 Å². The number of hydrogen-bond acceptors (Lipinski definition) is 7. The Morgan fingerprint density at radius 3 is 2.48 bits per heavy atom. The van der Waals surface area contributed by atoms with Crippen LogP contribution in [0.25, 0.3) is 0 Å². The van der Waals surface area contributed by atoms with Crippen molar-refractivity contribution in [3.63, 3.8) is 0 Å². The van der Waals surface area contributed by atoms with Crippen molar-refractivity contribution >= 4 is 23.5 Å². The molecule has 33 heavy (non-hydrogen) atoms. The first-order chi connectivity index (χ1) is 16.0. The molecule has 1 unspecified atom stereocenters. The molecule has 1 atom stereocenters. The Bertz CT molecular complexity index is 1060. The van der Waals surface area contributed by atoms with E-state index >= 15 is 0 Å². The minimum absolute atomic E-state index is 0.0174. The van der Waals surface area contributed by atoms with Crippen LogP contribution in [-0.2, 0) is 20.7 Å². The van der Waals surface area contributed by atoms with Crippen LogP contribution in [0.3, 0.4) is 0 Å². The van der Waals surface area contributed by atoms with Gasteiger partial charge in [0.25, 0.3) is 5.69 Å². The molecule has 8 nitrogen and oxygen atoms in total. The Balaban J connectivity index is 1.78. The van der Waals surface area contributed by atoms with Gasteiger partial charge in [0.05, 0.1) is 17.6 Å². The van der Waals surface area contributed by atoms with Crippen molar-refractivity contribution in [2.24, 2.45) is 9.98 Å². The maximum atomic E-state index is 13.4. The van der Waals surface area contributed by atoms with Crippen LogP contribution in [0.15, 0.2) is 64.6 Å². The van der Waals surface area contributed by atoms with Crippen LogP contribution in [0.5, 0.6) is 0 Å². The lowest BCUT2D eigenvalue weighted by Gasteiger charge is -2.25. The van der Waals surface area contributed by atoms with E-state index in [-0.39, 0.29) is 30.7 Å². The molecular formula is C25H27N3O5. The van der Waals surface area contributed by atoms with Gasteiger partial charge in [-0.25, -0.2) is 14.8 Å². The molecule has 1 fully saturated rings. The van der Waals surface area contributed by atoms with Gasteiger partial charge in [-0.05, 0) is 37.5 Å². The van der Waals surface area contributed by atoms with Gasteiger partial charge in [0.1, 0.15) is 0 Å². The predicted molar refractivity (Wildman–Crippen MR) is 125 cm³/mol. The Morgan fingerprint density at radius 2 is 1.85 bits per heavy atom. The number of rotatable bonds is 7. The molecule has 172 valence electrons. The van der Waals surface area contributed by atoms with E-state index in [1.54, 1.807) is 19.1 Å². The van der Waals surface area contributed by atoms with Gasteiger partial charge >= 0.3 is 5.97 Å². The van der Waals surface area contributed by atoms with Crippen molar-refractivity contribution in [2.75, 3.05) is 6.61 Å².